The van der Waals surface area contributed by atoms with E-state index in [4.69, 9.17) is 9.15 Å². The lowest BCUT2D eigenvalue weighted by atomic mass is 10.2. The van der Waals surface area contributed by atoms with Gasteiger partial charge in [0.15, 0.2) is 5.69 Å². The van der Waals surface area contributed by atoms with Crippen LogP contribution in [0.25, 0.3) is 0 Å². The van der Waals surface area contributed by atoms with E-state index in [1.54, 1.807) is 0 Å². The van der Waals surface area contributed by atoms with E-state index in [1.807, 2.05) is 45.0 Å². The highest BCUT2D eigenvalue weighted by molar-refractivity contribution is 6.02. The van der Waals surface area contributed by atoms with Gasteiger partial charge < -0.3 is 19.6 Å². The van der Waals surface area contributed by atoms with Crippen molar-refractivity contribution < 1.29 is 19.1 Å². The summed E-state index contributed by atoms with van der Waals surface area (Å²) in [7, 11) is 0. The van der Waals surface area contributed by atoms with Crippen LogP contribution >= 0.6 is 0 Å². The molecule has 1 fully saturated rings. The van der Waals surface area contributed by atoms with Crippen LogP contribution in [0.15, 0.2) is 34.9 Å². The summed E-state index contributed by atoms with van der Waals surface area (Å²) in [6, 6.07) is 7.63. The molecule has 1 amide bonds. The first kappa shape index (κ1) is 22.4. The molecule has 0 radical (unpaired) electrons. The Bertz CT molecular complexity index is 815. The van der Waals surface area contributed by atoms with E-state index in [-0.39, 0.29) is 17.7 Å². The number of carbonyl (C=O) groups excluding carboxylic acids is 1. The molecular weight excluding hydrogens is 384 g/mol. The first-order valence-electron chi connectivity index (χ1n) is 10.5. The Hall–Kier alpha value is -2.26. The smallest absolute Gasteiger partial charge is 0.277 e. The molecule has 0 unspecified atom stereocenters. The van der Waals surface area contributed by atoms with Crippen LogP contribution in [0.1, 0.15) is 35.8 Å². The number of hydrogen-bond acceptors (Lipinski definition) is 7. The lowest BCUT2D eigenvalue weighted by Crippen LogP contribution is -2.48. The molecule has 1 aromatic carbocycles. The number of β-amino-alcohol motifs (C(OH)–C–C–N with tert-alkyl or cyclic N) is 1. The fraction of sp³-hybridized carbons (Fsp3) is 0.545. The summed E-state index contributed by atoms with van der Waals surface area (Å²) in [6.07, 6.45) is 1.06. The molecule has 1 aliphatic heterocycles. The largest absolute Gasteiger partial charge is 0.447 e. The molecule has 8 heteroatoms. The molecule has 2 heterocycles. The molecule has 2 N–H and O–H groups in total. The summed E-state index contributed by atoms with van der Waals surface area (Å²) >= 11 is 0. The second-order valence-corrected chi connectivity index (χ2v) is 8.06. The van der Waals surface area contributed by atoms with Crippen LogP contribution in [0.2, 0.25) is 0 Å². The normalized spacial score (nSPS) is 16.7. The lowest BCUT2D eigenvalue weighted by molar-refractivity contribution is -0.0151. The lowest BCUT2D eigenvalue weighted by Gasteiger charge is -2.35. The molecule has 1 aliphatic rings. The van der Waals surface area contributed by atoms with Gasteiger partial charge in [-0.15, -0.1) is 0 Å². The number of ether oxygens (including phenoxy) is 1. The van der Waals surface area contributed by atoms with Crippen molar-refractivity contribution in [1.82, 2.24) is 14.8 Å². The van der Waals surface area contributed by atoms with Crippen molar-refractivity contribution >= 4 is 11.6 Å². The van der Waals surface area contributed by atoms with E-state index >= 15 is 0 Å². The number of amides is 1. The number of aliphatic hydroxyl groups excluding tert-OH is 1. The summed E-state index contributed by atoms with van der Waals surface area (Å²) in [4.78, 5) is 21.2. The molecule has 1 saturated heterocycles. The van der Waals surface area contributed by atoms with E-state index in [0.29, 0.717) is 25.6 Å². The summed E-state index contributed by atoms with van der Waals surface area (Å²) < 4.78 is 11.0. The van der Waals surface area contributed by atoms with Crippen LogP contribution in [-0.2, 0) is 11.3 Å². The second kappa shape index (κ2) is 10.7. The summed E-state index contributed by atoms with van der Waals surface area (Å²) in [5.74, 6) is 0.251. The Balaban J connectivity index is 1.42. The third kappa shape index (κ3) is 6.91. The molecule has 0 aliphatic carbocycles. The van der Waals surface area contributed by atoms with Crippen molar-refractivity contribution in [3.8, 4) is 0 Å². The second-order valence-electron chi connectivity index (χ2n) is 8.06. The molecule has 0 saturated carbocycles. The molecule has 164 valence electrons. The number of oxazole rings is 1. The zero-order chi connectivity index (χ0) is 21.5. The maximum absolute atomic E-state index is 12.4. The first-order valence-corrected chi connectivity index (χ1v) is 10.5. The van der Waals surface area contributed by atoms with Crippen LogP contribution in [0.3, 0.4) is 0 Å². The third-order valence-electron chi connectivity index (χ3n) is 4.97. The van der Waals surface area contributed by atoms with Gasteiger partial charge in [0.2, 0.25) is 5.89 Å². The molecule has 0 spiro atoms. The average Bonchev–Trinajstić information content (AvgIpc) is 3.17. The number of rotatable bonds is 9. The van der Waals surface area contributed by atoms with Crippen molar-refractivity contribution in [2.24, 2.45) is 0 Å². The number of nitrogens with one attached hydrogen (secondary N) is 1. The zero-order valence-electron chi connectivity index (χ0n) is 18.0. The third-order valence-corrected chi connectivity index (χ3v) is 4.97. The van der Waals surface area contributed by atoms with E-state index in [9.17, 15) is 9.90 Å². The maximum Gasteiger partial charge on any atom is 0.277 e. The molecule has 0 bridgehead atoms. The van der Waals surface area contributed by atoms with E-state index in [1.165, 1.54) is 6.26 Å². The van der Waals surface area contributed by atoms with Crippen LogP contribution in [0, 0.1) is 6.92 Å². The average molecular weight is 417 g/mol. The van der Waals surface area contributed by atoms with Gasteiger partial charge in [-0.25, -0.2) is 4.98 Å². The summed E-state index contributed by atoms with van der Waals surface area (Å²) in [6.45, 7) is 10.9. The van der Waals surface area contributed by atoms with Crippen molar-refractivity contribution in [3.05, 3.63) is 47.7 Å². The van der Waals surface area contributed by atoms with Crippen LogP contribution in [-0.4, -0.2) is 77.3 Å². The highest BCUT2D eigenvalue weighted by Crippen LogP contribution is 2.13. The van der Waals surface area contributed by atoms with Crippen LogP contribution in [0.4, 0.5) is 5.69 Å². The van der Waals surface area contributed by atoms with Crippen LogP contribution in [0.5, 0.6) is 0 Å². The minimum absolute atomic E-state index is 0.126. The molecular formula is C22H32N4O4. The molecule has 3 rings (SSSR count). The Kier molecular flexibility index (Phi) is 7.98. The van der Waals surface area contributed by atoms with E-state index in [0.717, 1.165) is 37.4 Å². The topological polar surface area (TPSA) is 91.1 Å². The number of anilines is 1. The van der Waals surface area contributed by atoms with Gasteiger partial charge in [-0.05, 0) is 38.5 Å². The number of aryl methyl sites for hydroxylation is 1. The molecule has 1 atom stereocenters. The Morgan fingerprint density at radius 2 is 2.00 bits per heavy atom. The van der Waals surface area contributed by atoms with Gasteiger partial charge in [0.1, 0.15) is 6.26 Å². The van der Waals surface area contributed by atoms with Crippen molar-refractivity contribution in [1.29, 1.82) is 0 Å². The van der Waals surface area contributed by atoms with Gasteiger partial charge in [-0.1, -0.05) is 12.1 Å². The molecule has 2 aromatic rings. The predicted octanol–water partition coefficient (Wildman–Crippen LogP) is 2.14. The first-order chi connectivity index (χ1) is 14.4. The minimum Gasteiger partial charge on any atom is -0.447 e. The zero-order valence-corrected chi connectivity index (χ0v) is 18.0. The van der Waals surface area contributed by atoms with E-state index in [2.05, 4.69) is 20.1 Å². The van der Waals surface area contributed by atoms with Crippen LogP contribution < -0.4 is 5.32 Å². The quantitative estimate of drug-likeness (QED) is 0.647. The summed E-state index contributed by atoms with van der Waals surface area (Å²) in [5.41, 5.74) is 2.09. The SMILES string of the molecule is Cc1cccc(NC(=O)c2coc(CN3CCN(C[C@H](O)COC(C)C)CC3)n2)c1. The highest BCUT2D eigenvalue weighted by Gasteiger charge is 2.21. The van der Waals surface area contributed by atoms with Gasteiger partial charge in [0, 0.05) is 38.4 Å². The fourth-order valence-corrected chi connectivity index (χ4v) is 3.38. The van der Waals surface area contributed by atoms with Crippen molar-refractivity contribution in [2.45, 2.75) is 39.5 Å². The Labute approximate surface area is 177 Å². The van der Waals surface area contributed by atoms with E-state index < -0.39 is 6.10 Å². The standard InChI is InChI=1S/C22H32N4O4/c1-16(2)29-14-19(27)12-25-7-9-26(10-8-25)13-21-24-20(15-30-21)22(28)23-18-6-4-5-17(3)11-18/h4-6,11,15-16,19,27H,7-10,12-14H2,1-3H3,(H,23,28)/t19-/m0/s1. The molecule has 1 aromatic heterocycles. The van der Waals surface area contributed by atoms with Crippen molar-refractivity contribution in [2.75, 3.05) is 44.6 Å². The minimum atomic E-state index is -0.472. The number of aliphatic hydroxyl groups is 1. The van der Waals surface area contributed by atoms with Gasteiger partial charge in [-0.2, -0.15) is 0 Å². The van der Waals surface area contributed by atoms with Gasteiger partial charge >= 0.3 is 0 Å². The number of carbonyl (C=O) groups is 1. The predicted molar refractivity (Wildman–Crippen MR) is 114 cm³/mol. The summed E-state index contributed by atoms with van der Waals surface area (Å²) in [5, 5.41) is 12.9. The van der Waals surface area contributed by atoms with Gasteiger partial charge in [0.25, 0.3) is 5.91 Å². The Morgan fingerprint density at radius 1 is 1.27 bits per heavy atom. The Morgan fingerprint density at radius 3 is 2.70 bits per heavy atom. The van der Waals surface area contributed by atoms with Gasteiger partial charge in [0.05, 0.1) is 25.4 Å². The maximum atomic E-state index is 12.4. The monoisotopic (exact) mass is 416 g/mol. The number of benzene rings is 1. The molecule has 8 nitrogen and oxygen atoms in total. The number of piperazine rings is 1. The highest BCUT2D eigenvalue weighted by atomic mass is 16.5. The van der Waals surface area contributed by atoms with Crippen molar-refractivity contribution in [3.63, 3.8) is 0 Å². The fourth-order valence-electron chi connectivity index (χ4n) is 3.38. The number of aromatic nitrogens is 1. The number of nitrogens with zero attached hydrogens (tertiary/aromatic N) is 3. The molecule has 30 heavy (non-hydrogen) atoms. The van der Waals surface area contributed by atoms with Gasteiger partial charge in [-0.3, -0.25) is 14.6 Å². The number of hydrogen-bond donors (Lipinski definition) is 2.